The van der Waals surface area contributed by atoms with E-state index in [1.165, 1.54) is 0 Å². The molecule has 1 rings (SSSR count). The molecule has 0 spiro atoms. The van der Waals surface area contributed by atoms with Crippen molar-refractivity contribution in [3.8, 4) is 0 Å². The summed E-state index contributed by atoms with van der Waals surface area (Å²) in [6.45, 7) is 4.84. The van der Waals surface area contributed by atoms with Gasteiger partial charge in [-0.3, -0.25) is 4.99 Å². The van der Waals surface area contributed by atoms with Crippen LogP contribution < -0.4 is 5.73 Å². The SMILES string of the molecule is CC/N=C(/C)c1sccc1N. The molecule has 1 aromatic rings. The lowest BCUT2D eigenvalue weighted by atomic mass is 10.3. The lowest BCUT2D eigenvalue weighted by Gasteiger charge is -1.96. The van der Waals surface area contributed by atoms with Crippen LogP contribution in [0.4, 0.5) is 5.69 Å². The maximum atomic E-state index is 5.70. The zero-order valence-electron chi connectivity index (χ0n) is 6.79. The number of aliphatic imine (C=N–C) groups is 1. The van der Waals surface area contributed by atoms with Crippen LogP contribution >= 0.6 is 11.3 Å². The summed E-state index contributed by atoms with van der Waals surface area (Å²) in [7, 11) is 0. The second-order valence-corrected chi connectivity index (χ2v) is 3.18. The Morgan fingerprint density at radius 2 is 2.45 bits per heavy atom. The van der Waals surface area contributed by atoms with Crippen molar-refractivity contribution in [2.24, 2.45) is 4.99 Å². The fourth-order valence-electron chi connectivity index (χ4n) is 0.922. The van der Waals surface area contributed by atoms with Crippen molar-refractivity contribution < 1.29 is 0 Å². The third-order valence-electron chi connectivity index (χ3n) is 1.42. The molecule has 1 aromatic heterocycles. The van der Waals surface area contributed by atoms with Gasteiger partial charge in [0.2, 0.25) is 0 Å². The van der Waals surface area contributed by atoms with Crippen molar-refractivity contribution in [1.29, 1.82) is 0 Å². The number of anilines is 1. The number of nitrogens with zero attached hydrogens (tertiary/aromatic N) is 1. The first-order valence-corrected chi connectivity index (χ1v) is 4.48. The van der Waals surface area contributed by atoms with Crippen LogP contribution in [0, 0.1) is 0 Å². The van der Waals surface area contributed by atoms with Crippen LogP contribution in [-0.2, 0) is 0 Å². The molecule has 0 atom stereocenters. The second-order valence-electron chi connectivity index (χ2n) is 2.26. The van der Waals surface area contributed by atoms with Crippen molar-refractivity contribution in [2.75, 3.05) is 12.3 Å². The predicted octanol–water partition coefficient (Wildman–Crippen LogP) is 2.16. The second kappa shape index (κ2) is 3.53. The molecule has 0 bridgehead atoms. The van der Waals surface area contributed by atoms with Gasteiger partial charge in [-0.25, -0.2) is 0 Å². The maximum absolute atomic E-state index is 5.70. The molecular formula is C8H12N2S. The van der Waals surface area contributed by atoms with Gasteiger partial charge in [-0.05, 0) is 25.3 Å². The van der Waals surface area contributed by atoms with Gasteiger partial charge in [0.15, 0.2) is 0 Å². The largest absolute Gasteiger partial charge is 0.398 e. The number of nitrogens with two attached hydrogens (primary N) is 1. The molecule has 3 heteroatoms. The lowest BCUT2D eigenvalue weighted by molar-refractivity contribution is 1.13. The quantitative estimate of drug-likeness (QED) is 0.675. The fourth-order valence-corrected chi connectivity index (χ4v) is 1.71. The number of hydrogen-bond acceptors (Lipinski definition) is 3. The molecule has 0 aliphatic heterocycles. The van der Waals surface area contributed by atoms with Gasteiger partial charge in [0.05, 0.1) is 16.3 Å². The normalized spacial score (nSPS) is 12.0. The van der Waals surface area contributed by atoms with Gasteiger partial charge in [0, 0.05) is 6.54 Å². The maximum Gasteiger partial charge on any atom is 0.0707 e. The Hall–Kier alpha value is -0.830. The molecule has 11 heavy (non-hydrogen) atoms. The lowest BCUT2D eigenvalue weighted by Crippen LogP contribution is -1.96. The van der Waals surface area contributed by atoms with E-state index in [0.717, 1.165) is 22.8 Å². The first-order valence-electron chi connectivity index (χ1n) is 3.60. The standard InChI is InChI=1S/C8H12N2S/c1-3-10-6(2)8-7(9)4-5-11-8/h4-5H,3,9H2,1-2H3/b10-6-. The monoisotopic (exact) mass is 168 g/mol. The van der Waals surface area contributed by atoms with Crippen molar-refractivity contribution in [1.82, 2.24) is 0 Å². The van der Waals surface area contributed by atoms with Gasteiger partial charge in [-0.15, -0.1) is 11.3 Å². The number of hydrogen-bond donors (Lipinski definition) is 1. The van der Waals surface area contributed by atoms with E-state index in [4.69, 9.17) is 5.73 Å². The van der Waals surface area contributed by atoms with E-state index in [1.54, 1.807) is 11.3 Å². The molecule has 0 amide bonds. The Kier molecular flexibility index (Phi) is 2.65. The summed E-state index contributed by atoms with van der Waals surface area (Å²) in [5, 5.41) is 1.99. The Labute approximate surface area is 70.8 Å². The van der Waals surface area contributed by atoms with Crippen molar-refractivity contribution in [3.63, 3.8) is 0 Å². The van der Waals surface area contributed by atoms with E-state index in [1.807, 2.05) is 25.3 Å². The fraction of sp³-hybridized carbons (Fsp3) is 0.375. The molecule has 0 saturated heterocycles. The van der Waals surface area contributed by atoms with E-state index in [0.29, 0.717) is 0 Å². The summed E-state index contributed by atoms with van der Waals surface area (Å²) in [6, 6.07) is 1.91. The van der Waals surface area contributed by atoms with E-state index < -0.39 is 0 Å². The summed E-state index contributed by atoms with van der Waals surface area (Å²) >= 11 is 1.64. The van der Waals surface area contributed by atoms with E-state index >= 15 is 0 Å². The molecular weight excluding hydrogens is 156 g/mol. The highest BCUT2D eigenvalue weighted by Crippen LogP contribution is 2.19. The zero-order valence-corrected chi connectivity index (χ0v) is 7.61. The minimum Gasteiger partial charge on any atom is -0.398 e. The highest BCUT2D eigenvalue weighted by molar-refractivity contribution is 7.12. The molecule has 0 aromatic carbocycles. The third kappa shape index (κ3) is 1.80. The molecule has 2 N–H and O–H groups in total. The highest BCUT2D eigenvalue weighted by atomic mass is 32.1. The molecule has 0 fully saturated rings. The molecule has 0 radical (unpaired) electrons. The molecule has 0 aliphatic rings. The summed E-state index contributed by atoms with van der Waals surface area (Å²) < 4.78 is 0. The first-order chi connectivity index (χ1) is 5.25. The van der Waals surface area contributed by atoms with Crippen molar-refractivity contribution in [3.05, 3.63) is 16.3 Å². The van der Waals surface area contributed by atoms with Gasteiger partial charge in [-0.1, -0.05) is 0 Å². The van der Waals surface area contributed by atoms with Crippen molar-refractivity contribution in [2.45, 2.75) is 13.8 Å². The molecule has 2 nitrogen and oxygen atoms in total. The van der Waals surface area contributed by atoms with Gasteiger partial charge in [-0.2, -0.15) is 0 Å². The summed E-state index contributed by atoms with van der Waals surface area (Å²) in [4.78, 5) is 5.38. The van der Waals surface area contributed by atoms with Gasteiger partial charge < -0.3 is 5.73 Å². The van der Waals surface area contributed by atoms with E-state index in [9.17, 15) is 0 Å². The number of rotatable bonds is 2. The third-order valence-corrected chi connectivity index (χ3v) is 2.46. The molecule has 0 saturated carbocycles. The van der Waals surface area contributed by atoms with Crippen LogP contribution in [0.3, 0.4) is 0 Å². The summed E-state index contributed by atoms with van der Waals surface area (Å²) in [6.07, 6.45) is 0. The topological polar surface area (TPSA) is 38.4 Å². The van der Waals surface area contributed by atoms with Gasteiger partial charge in [0.25, 0.3) is 0 Å². The average molecular weight is 168 g/mol. The first kappa shape index (κ1) is 8.27. The molecule has 0 aliphatic carbocycles. The summed E-state index contributed by atoms with van der Waals surface area (Å²) in [5.74, 6) is 0. The van der Waals surface area contributed by atoms with Gasteiger partial charge in [0.1, 0.15) is 0 Å². The Morgan fingerprint density at radius 3 is 2.91 bits per heavy atom. The zero-order chi connectivity index (χ0) is 8.27. The van der Waals surface area contributed by atoms with Crippen molar-refractivity contribution >= 4 is 22.7 Å². The smallest absolute Gasteiger partial charge is 0.0707 e. The minimum atomic E-state index is 0.823. The minimum absolute atomic E-state index is 0.823. The predicted molar refractivity (Wildman–Crippen MR) is 51.5 cm³/mol. The van der Waals surface area contributed by atoms with Crippen LogP contribution in [0.5, 0.6) is 0 Å². The molecule has 0 unspecified atom stereocenters. The van der Waals surface area contributed by atoms with Crippen LogP contribution in [0.1, 0.15) is 18.7 Å². The number of nitrogen functional groups attached to an aromatic ring is 1. The Balaban J connectivity index is 2.92. The van der Waals surface area contributed by atoms with Gasteiger partial charge >= 0.3 is 0 Å². The van der Waals surface area contributed by atoms with E-state index in [2.05, 4.69) is 4.99 Å². The van der Waals surface area contributed by atoms with E-state index in [-0.39, 0.29) is 0 Å². The molecule has 1 heterocycles. The average Bonchev–Trinajstić information content (AvgIpc) is 2.36. The highest BCUT2D eigenvalue weighted by Gasteiger charge is 2.02. The van der Waals surface area contributed by atoms with Crippen LogP contribution in [0.2, 0.25) is 0 Å². The Bertz CT molecular complexity index is 263. The summed E-state index contributed by atoms with van der Waals surface area (Å²) in [5.41, 5.74) is 7.58. The van der Waals surface area contributed by atoms with Crippen LogP contribution in [0.25, 0.3) is 0 Å². The Morgan fingerprint density at radius 1 is 1.73 bits per heavy atom. The van der Waals surface area contributed by atoms with Crippen LogP contribution in [-0.4, -0.2) is 12.3 Å². The van der Waals surface area contributed by atoms with Crippen LogP contribution in [0.15, 0.2) is 16.4 Å². The molecule has 60 valence electrons. The number of thiophene rings is 1.